The van der Waals surface area contributed by atoms with Gasteiger partial charge < -0.3 is 15.4 Å². The van der Waals surface area contributed by atoms with Crippen LogP contribution in [-0.4, -0.2) is 43.8 Å². The van der Waals surface area contributed by atoms with Crippen molar-refractivity contribution in [2.75, 3.05) is 26.8 Å². The molecule has 1 aliphatic heterocycles. The Bertz CT molecular complexity index is 274. The van der Waals surface area contributed by atoms with Crippen LogP contribution in [0.25, 0.3) is 0 Å². The van der Waals surface area contributed by atoms with Gasteiger partial charge in [0.1, 0.15) is 0 Å². The van der Waals surface area contributed by atoms with Gasteiger partial charge in [-0.3, -0.25) is 0 Å². The topological polar surface area (TPSA) is 38.5 Å². The maximum Gasteiger partial charge on any atom is 0.0622 e. The van der Waals surface area contributed by atoms with Crippen LogP contribution >= 0.6 is 0 Å². The van der Waals surface area contributed by atoms with Crippen molar-refractivity contribution in [2.24, 2.45) is 23.0 Å². The van der Waals surface area contributed by atoms with Crippen molar-refractivity contribution in [2.45, 2.75) is 52.1 Å². The van der Waals surface area contributed by atoms with Crippen LogP contribution in [0.15, 0.2) is 0 Å². The number of rotatable bonds is 3. The Morgan fingerprint density at radius 3 is 2.61 bits per heavy atom. The predicted molar refractivity (Wildman–Crippen MR) is 75.5 cm³/mol. The lowest BCUT2D eigenvalue weighted by atomic mass is 9.61. The highest BCUT2D eigenvalue weighted by Gasteiger charge is 2.42. The second kappa shape index (κ2) is 5.48. The average molecular weight is 254 g/mol. The minimum Gasteiger partial charge on any atom is -0.380 e. The fraction of sp³-hybridized carbons (Fsp3) is 1.00. The van der Waals surface area contributed by atoms with E-state index in [9.17, 15) is 0 Å². The molecule has 0 amide bonds. The van der Waals surface area contributed by atoms with Gasteiger partial charge in [-0.2, -0.15) is 0 Å². The average Bonchev–Trinajstić information content (AvgIpc) is 2.84. The summed E-state index contributed by atoms with van der Waals surface area (Å²) in [5.41, 5.74) is 6.59. The Labute approximate surface area is 112 Å². The first-order valence-corrected chi connectivity index (χ1v) is 7.46. The molecule has 1 aliphatic carbocycles. The van der Waals surface area contributed by atoms with Gasteiger partial charge in [0.25, 0.3) is 0 Å². The molecular formula is C15H30N2O. The number of hydrogen-bond acceptors (Lipinski definition) is 3. The van der Waals surface area contributed by atoms with E-state index in [0.29, 0.717) is 23.4 Å². The van der Waals surface area contributed by atoms with Gasteiger partial charge in [-0.05, 0) is 43.6 Å². The number of nitrogens with zero attached hydrogens (tertiary/aromatic N) is 1. The van der Waals surface area contributed by atoms with Gasteiger partial charge in [0.2, 0.25) is 0 Å². The summed E-state index contributed by atoms with van der Waals surface area (Å²) < 4.78 is 5.50. The van der Waals surface area contributed by atoms with Gasteiger partial charge >= 0.3 is 0 Å². The highest BCUT2D eigenvalue weighted by atomic mass is 16.5. The molecule has 18 heavy (non-hydrogen) atoms. The van der Waals surface area contributed by atoms with Gasteiger partial charge in [0.05, 0.1) is 6.61 Å². The maximum atomic E-state index is 6.24. The highest BCUT2D eigenvalue weighted by molar-refractivity contribution is 4.94. The van der Waals surface area contributed by atoms with E-state index in [1.54, 1.807) is 0 Å². The molecule has 3 nitrogen and oxygen atoms in total. The number of ether oxygens (including phenoxy) is 1. The van der Waals surface area contributed by atoms with Crippen molar-refractivity contribution in [3.63, 3.8) is 0 Å². The number of nitrogens with two attached hydrogens (primary N) is 1. The van der Waals surface area contributed by atoms with E-state index in [-0.39, 0.29) is 0 Å². The molecule has 3 heteroatoms. The monoisotopic (exact) mass is 254 g/mol. The largest absolute Gasteiger partial charge is 0.380 e. The standard InChI is InChI=1S/C15H30N2O/c1-11-14(16)6-5-12(15(11,2)3)9-17(4)13-7-8-18-10-13/h11-14H,5-10,16H2,1-4H3. The summed E-state index contributed by atoms with van der Waals surface area (Å²) in [6, 6.07) is 1.02. The van der Waals surface area contributed by atoms with Crippen LogP contribution in [0, 0.1) is 17.3 Å². The van der Waals surface area contributed by atoms with Gasteiger partial charge in [-0.25, -0.2) is 0 Å². The Balaban J connectivity index is 1.95. The summed E-state index contributed by atoms with van der Waals surface area (Å²) in [4.78, 5) is 2.52. The van der Waals surface area contributed by atoms with Gasteiger partial charge in [-0.15, -0.1) is 0 Å². The highest BCUT2D eigenvalue weighted by Crippen LogP contribution is 2.44. The fourth-order valence-corrected chi connectivity index (χ4v) is 3.63. The van der Waals surface area contributed by atoms with Crippen molar-refractivity contribution in [1.29, 1.82) is 0 Å². The third-order valence-electron chi connectivity index (χ3n) is 5.75. The van der Waals surface area contributed by atoms with E-state index in [2.05, 4.69) is 32.7 Å². The zero-order valence-corrected chi connectivity index (χ0v) is 12.5. The van der Waals surface area contributed by atoms with E-state index in [1.165, 1.54) is 25.8 Å². The van der Waals surface area contributed by atoms with Crippen LogP contribution < -0.4 is 5.73 Å². The maximum absolute atomic E-state index is 6.24. The van der Waals surface area contributed by atoms with Crippen molar-refractivity contribution in [1.82, 2.24) is 4.90 Å². The van der Waals surface area contributed by atoms with Gasteiger partial charge in [-0.1, -0.05) is 20.8 Å². The van der Waals surface area contributed by atoms with E-state index in [1.807, 2.05) is 0 Å². The van der Waals surface area contributed by atoms with E-state index >= 15 is 0 Å². The van der Waals surface area contributed by atoms with Crippen LogP contribution in [0.5, 0.6) is 0 Å². The molecule has 106 valence electrons. The molecule has 4 unspecified atom stereocenters. The molecule has 2 aliphatic rings. The molecule has 1 saturated carbocycles. The molecule has 1 heterocycles. The molecule has 0 bridgehead atoms. The first-order valence-electron chi connectivity index (χ1n) is 7.46. The molecular weight excluding hydrogens is 224 g/mol. The third-order valence-corrected chi connectivity index (χ3v) is 5.75. The zero-order chi connectivity index (χ0) is 13.3. The quantitative estimate of drug-likeness (QED) is 0.838. The SMILES string of the molecule is CC1C(N)CCC(CN(C)C2CCOC2)C1(C)C. The summed E-state index contributed by atoms with van der Waals surface area (Å²) in [5, 5.41) is 0. The van der Waals surface area contributed by atoms with Crippen molar-refractivity contribution in [3.8, 4) is 0 Å². The van der Waals surface area contributed by atoms with Gasteiger partial charge in [0, 0.05) is 25.2 Å². The zero-order valence-electron chi connectivity index (χ0n) is 12.5. The number of hydrogen-bond donors (Lipinski definition) is 1. The summed E-state index contributed by atoms with van der Waals surface area (Å²) in [7, 11) is 2.26. The van der Waals surface area contributed by atoms with E-state index < -0.39 is 0 Å². The first-order chi connectivity index (χ1) is 8.43. The lowest BCUT2D eigenvalue weighted by Gasteiger charge is -2.48. The second-order valence-electron chi connectivity index (χ2n) is 7.01. The summed E-state index contributed by atoms with van der Waals surface area (Å²) in [5.74, 6) is 1.38. The predicted octanol–water partition coefficient (Wildman–Crippen LogP) is 2.11. The third kappa shape index (κ3) is 2.73. The van der Waals surface area contributed by atoms with Crippen LogP contribution in [0.4, 0.5) is 0 Å². The molecule has 0 aromatic heterocycles. The Hall–Kier alpha value is -0.120. The molecule has 0 radical (unpaired) electrons. The Kier molecular flexibility index (Phi) is 4.35. The minimum absolute atomic E-state index is 0.353. The molecule has 0 aromatic rings. The van der Waals surface area contributed by atoms with Crippen LogP contribution in [0.2, 0.25) is 0 Å². The molecule has 2 fully saturated rings. The summed E-state index contributed by atoms with van der Waals surface area (Å²) in [6.45, 7) is 10.2. The Morgan fingerprint density at radius 2 is 2.00 bits per heavy atom. The smallest absolute Gasteiger partial charge is 0.0622 e. The van der Waals surface area contributed by atoms with Crippen LogP contribution in [0.3, 0.4) is 0 Å². The van der Waals surface area contributed by atoms with Crippen LogP contribution in [0.1, 0.15) is 40.0 Å². The lowest BCUT2D eigenvalue weighted by molar-refractivity contribution is 0.0241. The molecule has 1 saturated heterocycles. The Morgan fingerprint density at radius 1 is 1.28 bits per heavy atom. The van der Waals surface area contributed by atoms with Crippen LogP contribution in [-0.2, 0) is 4.74 Å². The molecule has 0 spiro atoms. The molecule has 2 rings (SSSR count). The number of likely N-dealkylation sites (N-methyl/N-ethyl adjacent to an activating group) is 1. The van der Waals surface area contributed by atoms with E-state index in [0.717, 1.165) is 19.1 Å². The minimum atomic E-state index is 0.353. The molecule has 0 aromatic carbocycles. The van der Waals surface area contributed by atoms with Crippen molar-refractivity contribution < 1.29 is 4.74 Å². The van der Waals surface area contributed by atoms with E-state index in [4.69, 9.17) is 10.5 Å². The summed E-state index contributed by atoms with van der Waals surface area (Å²) >= 11 is 0. The molecule has 2 N–H and O–H groups in total. The summed E-state index contributed by atoms with van der Waals surface area (Å²) in [6.07, 6.45) is 3.65. The normalized spacial score (nSPS) is 40.3. The van der Waals surface area contributed by atoms with Gasteiger partial charge in [0.15, 0.2) is 0 Å². The fourth-order valence-electron chi connectivity index (χ4n) is 3.63. The lowest BCUT2D eigenvalue weighted by Crippen LogP contribution is -2.50. The second-order valence-corrected chi connectivity index (χ2v) is 7.01. The van der Waals surface area contributed by atoms with Crippen molar-refractivity contribution in [3.05, 3.63) is 0 Å². The molecule has 4 atom stereocenters. The first kappa shape index (κ1) is 14.3. The van der Waals surface area contributed by atoms with Crippen molar-refractivity contribution >= 4 is 0 Å².